The maximum atomic E-state index is 11.8. The molecule has 136 valence electrons. The molecular formula is C18H15N5O4. The average Bonchev–Trinajstić information content (AvgIpc) is 3.16. The molecule has 0 aliphatic rings. The van der Waals surface area contributed by atoms with E-state index in [0.717, 1.165) is 11.3 Å². The fourth-order valence-corrected chi connectivity index (χ4v) is 2.27. The number of non-ortho nitro benzene ring substituents is 1. The Morgan fingerprint density at radius 1 is 1.26 bits per heavy atom. The van der Waals surface area contributed by atoms with Crippen LogP contribution < -0.4 is 10.2 Å². The predicted octanol–water partition coefficient (Wildman–Crippen LogP) is 2.51. The third-order valence-electron chi connectivity index (χ3n) is 3.52. The molecule has 0 saturated carbocycles. The van der Waals surface area contributed by atoms with E-state index >= 15 is 0 Å². The molecule has 0 fully saturated rings. The fourth-order valence-electron chi connectivity index (χ4n) is 2.27. The van der Waals surface area contributed by atoms with E-state index < -0.39 is 10.8 Å². The third-order valence-corrected chi connectivity index (χ3v) is 3.52. The SMILES string of the molecule is O=C(COc1cccc([N+](=O)[O-])c1)N/N=C/c1cn[nH]c1-c1ccccc1. The van der Waals surface area contributed by atoms with Gasteiger partial charge in [0.05, 0.1) is 29.1 Å². The lowest BCUT2D eigenvalue weighted by Crippen LogP contribution is -2.24. The van der Waals surface area contributed by atoms with Crippen molar-refractivity contribution in [1.82, 2.24) is 15.6 Å². The summed E-state index contributed by atoms with van der Waals surface area (Å²) in [6, 6.07) is 15.2. The highest BCUT2D eigenvalue weighted by Gasteiger charge is 2.08. The number of aromatic nitrogens is 2. The Bertz CT molecular complexity index is 969. The summed E-state index contributed by atoms with van der Waals surface area (Å²) in [7, 11) is 0. The van der Waals surface area contributed by atoms with Crippen molar-refractivity contribution in [3.63, 3.8) is 0 Å². The number of benzene rings is 2. The minimum atomic E-state index is -0.535. The quantitative estimate of drug-likeness (QED) is 0.378. The molecule has 2 N–H and O–H groups in total. The molecule has 9 nitrogen and oxygen atoms in total. The second-order valence-electron chi connectivity index (χ2n) is 5.40. The van der Waals surface area contributed by atoms with Gasteiger partial charge in [-0.25, -0.2) is 5.43 Å². The number of nitrogens with one attached hydrogen (secondary N) is 2. The summed E-state index contributed by atoms with van der Waals surface area (Å²) >= 11 is 0. The number of ether oxygens (including phenoxy) is 1. The third kappa shape index (κ3) is 4.75. The van der Waals surface area contributed by atoms with Gasteiger partial charge in [0.25, 0.3) is 11.6 Å². The molecule has 2 aromatic carbocycles. The highest BCUT2D eigenvalue weighted by molar-refractivity contribution is 5.89. The van der Waals surface area contributed by atoms with Gasteiger partial charge in [-0.3, -0.25) is 20.0 Å². The van der Waals surface area contributed by atoms with Gasteiger partial charge < -0.3 is 4.74 Å². The Hall–Kier alpha value is -4.01. The largest absolute Gasteiger partial charge is 0.483 e. The van der Waals surface area contributed by atoms with Gasteiger partial charge in [-0.1, -0.05) is 36.4 Å². The average molecular weight is 365 g/mol. The number of nitrogens with zero attached hydrogens (tertiary/aromatic N) is 3. The first kappa shape index (κ1) is 17.8. The Morgan fingerprint density at radius 2 is 2.07 bits per heavy atom. The number of carbonyl (C=O) groups excluding carboxylic acids is 1. The number of aromatic amines is 1. The lowest BCUT2D eigenvalue weighted by molar-refractivity contribution is -0.384. The number of H-pyrrole nitrogens is 1. The van der Waals surface area contributed by atoms with Gasteiger partial charge in [0.15, 0.2) is 6.61 Å². The standard InChI is InChI=1S/C18H15N5O4/c24-17(12-27-16-8-4-7-15(9-16)23(25)26)21-19-10-14-11-20-22-18(14)13-5-2-1-3-6-13/h1-11H,12H2,(H,20,22)(H,21,24)/b19-10+. The summed E-state index contributed by atoms with van der Waals surface area (Å²) in [5.41, 5.74) is 4.66. The maximum absolute atomic E-state index is 11.8. The van der Waals surface area contributed by atoms with Crippen molar-refractivity contribution in [1.29, 1.82) is 0 Å². The molecular weight excluding hydrogens is 350 g/mol. The van der Waals surface area contributed by atoms with Crippen molar-refractivity contribution in [2.24, 2.45) is 5.10 Å². The monoisotopic (exact) mass is 365 g/mol. The predicted molar refractivity (Wildman–Crippen MR) is 98.4 cm³/mol. The van der Waals surface area contributed by atoms with Crippen molar-refractivity contribution < 1.29 is 14.5 Å². The van der Waals surface area contributed by atoms with Crippen molar-refractivity contribution >= 4 is 17.8 Å². The Labute approximate surface area is 153 Å². The van der Waals surface area contributed by atoms with E-state index in [-0.39, 0.29) is 18.0 Å². The van der Waals surface area contributed by atoms with Crippen LogP contribution in [0.2, 0.25) is 0 Å². The van der Waals surface area contributed by atoms with Crippen LogP contribution in [0.15, 0.2) is 65.9 Å². The van der Waals surface area contributed by atoms with Crippen LogP contribution in [0.5, 0.6) is 5.75 Å². The van der Waals surface area contributed by atoms with Crippen LogP contribution in [0.4, 0.5) is 5.69 Å². The van der Waals surface area contributed by atoms with Crippen LogP contribution in [0, 0.1) is 10.1 Å². The van der Waals surface area contributed by atoms with E-state index in [0.29, 0.717) is 5.56 Å². The molecule has 1 heterocycles. The van der Waals surface area contributed by atoms with Gasteiger partial charge in [-0.15, -0.1) is 0 Å². The second kappa shape index (κ2) is 8.39. The first-order chi connectivity index (χ1) is 13.1. The van der Waals surface area contributed by atoms with E-state index in [1.165, 1.54) is 30.5 Å². The number of amides is 1. The van der Waals surface area contributed by atoms with Crippen LogP contribution >= 0.6 is 0 Å². The van der Waals surface area contributed by atoms with Gasteiger partial charge in [-0.05, 0) is 6.07 Å². The molecule has 3 rings (SSSR count). The number of hydrogen-bond acceptors (Lipinski definition) is 6. The molecule has 0 saturated heterocycles. The molecule has 1 aromatic heterocycles. The molecule has 0 bridgehead atoms. The molecule has 0 unspecified atom stereocenters. The lowest BCUT2D eigenvalue weighted by atomic mass is 10.1. The highest BCUT2D eigenvalue weighted by atomic mass is 16.6. The summed E-state index contributed by atoms with van der Waals surface area (Å²) in [5.74, 6) is -0.271. The fraction of sp³-hybridized carbons (Fsp3) is 0.0556. The van der Waals surface area contributed by atoms with Crippen LogP contribution in [-0.2, 0) is 4.79 Å². The molecule has 0 radical (unpaired) electrons. The Kier molecular flexibility index (Phi) is 5.53. The zero-order valence-electron chi connectivity index (χ0n) is 14.0. The van der Waals surface area contributed by atoms with Gasteiger partial charge in [0.1, 0.15) is 5.75 Å². The van der Waals surface area contributed by atoms with Crippen molar-refractivity contribution in [2.75, 3.05) is 6.61 Å². The molecule has 9 heteroatoms. The summed E-state index contributed by atoms with van der Waals surface area (Å²) in [6.07, 6.45) is 3.06. The molecule has 3 aromatic rings. The number of rotatable bonds is 7. The van der Waals surface area contributed by atoms with Gasteiger partial charge in [0, 0.05) is 17.2 Å². The number of hydrogen-bond donors (Lipinski definition) is 2. The van der Waals surface area contributed by atoms with E-state index in [1.54, 1.807) is 6.20 Å². The number of hydrazone groups is 1. The normalized spacial score (nSPS) is 10.7. The number of carbonyl (C=O) groups is 1. The topological polar surface area (TPSA) is 123 Å². The molecule has 27 heavy (non-hydrogen) atoms. The van der Waals surface area contributed by atoms with Crippen molar-refractivity contribution in [3.05, 3.63) is 76.5 Å². The molecule has 0 spiro atoms. The van der Waals surface area contributed by atoms with Crippen molar-refractivity contribution in [2.45, 2.75) is 0 Å². The first-order valence-electron chi connectivity index (χ1n) is 7.91. The molecule has 0 atom stereocenters. The molecule has 0 aliphatic carbocycles. The summed E-state index contributed by atoms with van der Waals surface area (Å²) in [4.78, 5) is 22.0. The second-order valence-corrected chi connectivity index (χ2v) is 5.40. The van der Waals surface area contributed by atoms with Crippen molar-refractivity contribution in [3.8, 4) is 17.0 Å². The van der Waals surface area contributed by atoms with Gasteiger partial charge in [-0.2, -0.15) is 10.2 Å². The zero-order valence-corrected chi connectivity index (χ0v) is 14.0. The number of nitro groups is 1. The minimum Gasteiger partial charge on any atom is -0.483 e. The van der Waals surface area contributed by atoms with E-state index in [9.17, 15) is 14.9 Å². The smallest absolute Gasteiger partial charge is 0.277 e. The van der Waals surface area contributed by atoms with Gasteiger partial charge >= 0.3 is 0 Å². The summed E-state index contributed by atoms with van der Waals surface area (Å²) in [5, 5.41) is 21.5. The number of nitro benzene ring substituents is 1. The Balaban J connectivity index is 1.55. The van der Waals surface area contributed by atoms with E-state index in [1.807, 2.05) is 30.3 Å². The minimum absolute atomic E-state index is 0.112. The van der Waals surface area contributed by atoms with E-state index in [2.05, 4.69) is 20.7 Å². The first-order valence-corrected chi connectivity index (χ1v) is 7.91. The molecule has 0 aliphatic heterocycles. The molecule has 1 amide bonds. The van der Waals surface area contributed by atoms with Crippen LogP contribution in [0.3, 0.4) is 0 Å². The van der Waals surface area contributed by atoms with Gasteiger partial charge in [0.2, 0.25) is 0 Å². The summed E-state index contributed by atoms with van der Waals surface area (Å²) in [6.45, 7) is -0.324. The van der Waals surface area contributed by atoms with Crippen LogP contribution in [-0.4, -0.2) is 33.8 Å². The lowest BCUT2D eigenvalue weighted by Gasteiger charge is -2.04. The zero-order chi connectivity index (χ0) is 19.1. The highest BCUT2D eigenvalue weighted by Crippen LogP contribution is 2.19. The summed E-state index contributed by atoms with van der Waals surface area (Å²) < 4.78 is 5.23. The van der Waals surface area contributed by atoms with E-state index in [4.69, 9.17) is 4.74 Å². The van der Waals surface area contributed by atoms with Crippen LogP contribution in [0.1, 0.15) is 5.56 Å². The van der Waals surface area contributed by atoms with Crippen LogP contribution in [0.25, 0.3) is 11.3 Å². The Morgan fingerprint density at radius 3 is 2.85 bits per heavy atom. The maximum Gasteiger partial charge on any atom is 0.277 e.